The van der Waals surface area contributed by atoms with Crippen LogP contribution in [0.3, 0.4) is 0 Å². The lowest BCUT2D eigenvalue weighted by atomic mass is 10.4. The molecule has 112 valence electrons. The van der Waals surface area contributed by atoms with Gasteiger partial charge in [-0.2, -0.15) is 0 Å². The normalized spacial score (nSPS) is 13.2. The standard InChI is InChI=1S/C9H13N2O8P/c1-5-4-11(9(15)10-6(5)12)2-3-19-8(7(13)14)20(16,17)18/h4,8H,2-3H2,1H3,(H,13,14)(H,10,12,15)(H2,16,17,18). The van der Waals surface area contributed by atoms with Crippen LogP contribution in [0.1, 0.15) is 5.56 Å². The molecular weight excluding hydrogens is 295 g/mol. The van der Waals surface area contributed by atoms with E-state index in [2.05, 4.69) is 4.74 Å². The molecule has 0 radical (unpaired) electrons. The van der Waals surface area contributed by atoms with E-state index >= 15 is 0 Å². The molecule has 10 nitrogen and oxygen atoms in total. The molecule has 0 aliphatic heterocycles. The third-order valence-corrected chi connectivity index (χ3v) is 3.29. The average Bonchev–Trinajstić information content (AvgIpc) is 2.28. The highest BCUT2D eigenvalue weighted by molar-refractivity contribution is 7.53. The Balaban J connectivity index is 2.76. The van der Waals surface area contributed by atoms with Gasteiger partial charge in [0.2, 0.25) is 0 Å². The van der Waals surface area contributed by atoms with E-state index in [4.69, 9.17) is 14.9 Å². The molecule has 0 saturated heterocycles. The van der Waals surface area contributed by atoms with Gasteiger partial charge in [-0.25, -0.2) is 9.59 Å². The minimum atomic E-state index is -4.95. The van der Waals surface area contributed by atoms with E-state index in [1.165, 1.54) is 13.1 Å². The van der Waals surface area contributed by atoms with Gasteiger partial charge in [-0.3, -0.25) is 18.9 Å². The van der Waals surface area contributed by atoms with Gasteiger partial charge >= 0.3 is 19.3 Å². The third kappa shape index (κ3) is 4.14. The summed E-state index contributed by atoms with van der Waals surface area (Å²) in [5.41, 5.74) is -1.02. The molecule has 0 bridgehead atoms. The van der Waals surface area contributed by atoms with Gasteiger partial charge in [0.1, 0.15) is 0 Å². The van der Waals surface area contributed by atoms with Crippen LogP contribution in [-0.2, 0) is 20.6 Å². The van der Waals surface area contributed by atoms with Gasteiger partial charge in [0.25, 0.3) is 11.4 Å². The van der Waals surface area contributed by atoms with Crippen molar-refractivity contribution in [3.8, 4) is 0 Å². The summed E-state index contributed by atoms with van der Waals surface area (Å²) in [7, 11) is -4.95. The van der Waals surface area contributed by atoms with Gasteiger partial charge < -0.3 is 19.6 Å². The predicted molar refractivity (Wildman–Crippen MR) is 65.5 cm³/mol. The zero-order chi connectivity index (χ0) is 15.5. The van der Waals surface area contributed by atoms with Crippen molar-refractivity contribution in [3.05, 3.63) is 32.6 Å². The van der Waals surface area contributed by atoms with E-state index in [-0.39, 0.29) is 12.1 Å². The van der Waals surface area contributed by atoms with Crippen LogP contribution in [0.15, 0.2) is 15.8 Å². The fraction of sp³-hybridized carbons (Fsp3) is 0.444. The van der Waals surface area contributed by atoms with Crippen LogP contribution in [0.25, 0.3) is 0 Å². The van der Waals surface area contributed by atoms with Crippen molar-refractivity contribution in [2.24, 2.45) is 0 Å². The van der Waals surface area contributed by atoms with Crippen LogP contribution in [-0.4, -0.2) is 42.9 Å². The summed E-state index contributed by atoms with van der Waals surface area (Å²) in [5, 5.41) is 8.61. The number of aliphatic carboxylic acids is 1. The predicted octanol–water partition coefficient (Wildman–Crippen LogP) is -1.55. The lowest BCUT2D eigenvalue weighted by Gasteiger charge is -2.15. The number of hydrogen-bond acceptors (Lipinski definition) is 5. The van der Waals surface area contributed by atoms with Crippen molar-refractivity contribution in [2.45, 2.75) is 19.3 Å². The quantitative estimate of drug-likeness (QED) is 0.459. The van der Waals surface area contributed by atoms with Crippen LogP contribution < -0.4 is 11.2 Å². The molecule has 0 aliphatic carbocycles. The minimum Gasteiger partial charge on any atom is -0.479 e. The first-order valence-corrected chi connectivity index (χ1v) is 7.01. The Morgan fingerprint density at radius 1 is 1.50 bits per heavy atom. The molecule has 1 heterocycles. The number of carboxylic acids is 1. The molecule has 1 aromatic heterocycles. The Morgan fingerprint density at radius 2 is 2.10 bits per heavy atom. The van der Waals surface area contributed by atoms with Crippen molar-refractivity contribution in [1.29, 1.82) is 0 Å². The molecule has 20 heavy (non-hydrogen) atoms. The number of aromatic amines is 1. The number of nitrogens with one attached hydrogen (secondary N) is 1. The highest BCUT2D eigenvalue weighted by Crippen LogP contribution is 2.41. The molecule has 0 aliphatic rings. The lowest BCUT2D eigenvalue weighted by Crippen LogP contribution is -2.33. The molecule has 1 rings (SSSR count). The smallest absolute Gasteiger partial charge is 0.365 e. The summed E-state index contributed by atoms with van der Waals surface area (Å²) in [6, 6.07) is 0. The summed E-state index contributed by atoms with van der Waals surface area (Å²) < 4.78 is 16.5. The number of carboxylic acid groups (broad SMARTS) is 1. The summed E-state index contributed by atoms with van der Waals surface area (Å²) in [4.78, 5) is 52.7. The van der Waals surface area contributed by atoms with Crippen LogP contribution in [0.5, 0.6) is 0 Å². The number of ether oxygens (including phenoxy) is 1. The van der Waals surface area contributed by atoms with E-state index in [1.807, 2.05) is 4.98 Å². The van der Waals surface area contributed by atoms with Crippen molar-refractivity contribution in [3.63, 3.8) is 0 Å². The van der Waals surface area contributed by atoms with Gasteiger partial charge in [-0.05, 0) is 6.92 Å². The summed E-state index contributed by atoms with van der Waals surface area (Å²) >= 11 is 0. The maximum absolute atomic E-state index is 11.4. The molecule has 1 aromatic rings. The van der Waals surface area contributed by atoms with Gasteiger partial charge in [0, 0.05) is 11.8 Å². The number of H-pyrrole nitrogens is 1. The van der Waals surface area contributed by atoms with Crippen LogP contribution in [0.4, 0.5) is 0 Å². The summed E-state index contributed by atoms with van der Waals surface area (Å²) in [6.07, 6.45) is 1.23. The number of rotatable bonds is 6. The van der Waals surface area contributed by atoms with E-state index in [0.29, 0.717) is 0 Å². The molecule has 1 unspecified atom stereocenters. The molecule has 11 heteroatoms. The molecular formula is C9H13N2O8P. The second kappa shape index (κ2) is 6.14. The van der Waals surface area contributed by atoms with E-state index < -0.39 is 37.3 Å². The van der Waals surface area contributed by atoms with E-state index in [9.17, 15) is 18.9 Å². The molecule has 0 amide bonds. The molecule has 0 spiro atoms. The van der Waals surface area contributed by atoms with Gasteiger partial charge in [0.15, 0.2) is 0 Å². The first-order chi connectivity index (χ1) is 9.12. The zero-order valence-electron chi connectivity index (χ0n) is 10.3. The van der Waals surface area contributed by atoms with Gasteiger partial charge in [-0.1, -0.05) is 0 Å². The second-order valence-electron chi connectivity index (χ2n) is 3.92. The topological polar surface area (TPSA) is 159 Å². The fourth-order valence-electron chi connectivity index (χ4n) is 1.36. The molecule has 4 N–H and O–H groups in total. The molecule has 0 fully saturated rings. The SMILES string of the molecule is Cc1cn(CCOC(C(=O)O)P(=O)(O)O)c(=O)[nH]c1=O. The fourth-order valence-corrected chi connectivity index (χ4v) is 1.95. The Labute approximate surface area is 111 Å². The highest BCUT2D eigenvalue weighted by atomic mass is 31.2. The first kappa shape index (κ1) is 16.3. The van der Waals surface area contributed by atoms with Crippen LogP contribution >= 0.6 is 7.60 Å². The van der Waals surface area contributed by atoms with Crippen molar-refractivity contribution >= 4 is 13.6 Å². The Hall–Kier alpha value is -1.74. The van der Waals surface area contributed by atoms with Crippen LogP contribution in [0.2, 0.25) is 0 Å². The highest BCUT2D eigenvalue weighted by Gasteiger charge is 2.36. The van der Waals surface area contributed by atoms with Gasteiger partial charge in [0.05, 0.1) is 13.2 Å². The maximum atomic E-state index is 11.4. The van der Waals surface area contributed by atoms with E-state index in [0.717, 1.165) is 4.57 Å². The number of carbonyl (C=O) groups is 1. The van der Waals surface area contributed by atoms with Gasteiger partial charge in [-0.15, -0.1) is 0 Å². The first-order valence-electron chi connectivity index (χ1n) is 5.33. The number of nitrogens with zero attached hydrogens (tertiary/aromatic N) is 1. The third-order valence-electron chi connectivity index (χ3n) is 2.31. The summed E-state index contributed by atoms with van der Waals surface area (Å²) in [5.74, 6) is -4.09. The van der Waals surface area contributed by atoms with Crippen molar-refractivity contribution in [2.75, 3.05) is 6.61 Å². The molecule has 0 aromatic carbocycles. The second-order valence-corrected chi connectivity index (χ2v) is 5.56. The van der Waals surface area contributed by atoms with Crippen LogP contribution in [0, 0.1) is 6.92 Å². The average molecular weight is 308 g/mol. The monoisotopic (exact) mass is 308 g/mol. The zero-order valence-corrected chi connectivity index (χ0v) is 11.2. The molecule has 0 saturated carbocycles. The number of hydrogen-bond donors (Lipinski definition) is 4. The Morgan fingerprint density at radius 3 is 2.60 bits per heavy atom. The number of aryl methyl sites for hydroxylation is 1. The summed E-state index contributed by atoms with van der Waals surface area (Å²) in [6.45, 7) is 0.874. The minimum absolute atomic E-state index is 0.166. The maximum Gasteiger partial charge on any atom is 0.365 e. The Bertz CT molecular complexity index is 657. The molecule has 1 atom stereocenters. The number of aromatic nitrogens is 2. The lowest BCUT2D eigenvalue weighted by molar-refractivity contribution is -0.146. The van der Waals surface area contributed by atoms with Crippen molar-refractivity contribution in [1.82, 2.24) is 9.55 Å². The largest absolute Gasteiger partial charge is 0.479 e. The Kier molecular flexibility index (Phi) is 5.01. The van der Waals surface area contributed by atoms with E-state index in [1.54, 1.807) is 0 Å². The van der Waals surface area contributed by atoms with Crippen molar-refractivity contribution < 1.29 is 29.0 Å².